The SMILES string of the molecule is COCCNC(=S)N1CCN(Cc2ccc(Cl)cc2)CC1. The zero-order chi connectivity index (χ0) is 15.1. The lowest BCUT2D eigenvalue weighted by molar-refractivity contribution is 0.172. The second-order valence-corrected chi connectivity index (χ2v) is 5.94. The van der Waals surface area contributed by atoms with E-state index in [9.17, 15) is 0 Å². The molecule has 1 aliphatic rings. The molecule has 1 aliphatic heterocycles. The molecular weight excluding hydrogens is 306 g/mol. The minimum absolute atomic E-state index is 0.677. The maximum absolute atomic E-state index is 5.91. The summed E-state index contributed by atoms with van der Waals surface area (Å²) in [4.78, 5) is 4.67. The van der Waals surface area contributed by atoms with E-state index >= 15 is 0 Å². The fourth-order valence-electron chi connectivity index (χ4n) is 2.33. The van der Waals surface area contributed by atoms with Crippen LogP contribution in [0.15, 0.2) is 24.3 Å². The number of ether oxygens (including phenoxy) is 1. The van der Waals surface area contributed by atoms with Crippen molar-refractivity contribution in [3.63, 3.8) is 0 Å². The first kappa shape index (κ1) is 16.5. The van der Waals surface area contributed by atoms with Gasteiger partial charge in [-0.25, -0.2) is 0 Å². The first-order valence-corrected chi connectivity index (χ1v) is 7.96. The molecule has 1 aromatic carbocycles. The molecule has 1 saturated heterocycles. The van der Waals surface area contributed by atoms with Gasteiger partial charge >= 0.3 is 0 Å². The lowest BCUT2D eigenvalue weighted by atomic mass is 10.2. The van der Waals surface area contributed by atoms with Crippen molar-refractivity contribution in [1.29, 1.82) is 0 Å². The molecule has 1 aromatic rings. The van der Waals surface area contributed by atoms with Gasteiger partial charge in [0.2, 0.25) is 0 Å². The lowest BCUT2D eigenvalue weighted by Gasteiger charge is -2.36. The summed E-state index contributed by atoms with van der Waals surface area (Å²) in [5.41, 5.74) is 1.30. The molecule has 1 fully saturated rings. The Bertz CT molecular complexity index is 447. The average Bonchev–Trinajstić information content (AvgIpc) is 2.50. The third-order valence-electron chi connectivity index (χ3n) is 3.56. The number of rotatable bonds is 5. The van der Waals surface area contributed by atoms with Crippen molar-refractivity contribution in [1.82, 2.24) is 15.1 Å². The van der Waals surface area contributed by atoms with E-state index in [1.165, 1.54) is 5.56 Å². The molecule has 2 rings (SSSR count). The van der Waals surface area contributed by atoms with Crippen LogP contribution in [0.5, 0.6) is 0 Å². The van der Waals surface area contributed by atoms with Crippen LogP contribution >= 0.6 is 23.8 Å². The zero-order valence-electron chi connectivity index (χ0n) is 12.3. The van der Waals surface area contributed by atoms with Crippen LogP contribution in [0.3, 0.4) is 0 Å². The smallest absolute Gasteiger partial charge is 0.169 e. The Balaban J connectivity index is 1.72. The highest BCUT2D eigenvalue weighted by molar-refractivity contribution is 7.80. The van der Waals surface area contributed by atoms with Crippen LogP contribution in [0.25, 0.3) is 0 Å². The van der Waals surface area contributed by atoms with Gasteiger partial charge in [0.05, 0.1) is 6.61 Å². The van der Waals surface area contributed by atoms with Gasteiger partial charge in [0.25, 0.3) is 0 Å². The number of nitrogens with zero attached hydrogens (tertiary/aromatic N) is 2. The highest BCUT2D eigenvalue weighted by Gasteiger charge is 2.18. The number of hydrogen-bond acceptors (Lipinski definition) is 3. The molecule has 0 spiro atoms. The summed E-state index contributed by atoms with van der Waals surface area (Å²) in [6.45, 7) is 6.38. The highest BCUT2D eigenvalue weighted by atomic mass is 35.5. The van der Waals surface area contributed by atoms with Gasteiger partial charge in [0, 0.05) is 51.4 Å². The van der Waals surface area contributed by atoms with Crippen LogP contribution in [0.2, 0.25) is 5.02 Å². The van der Waals surface area contributed by atoms with Gasteiger partial charge in [-0.05, 0) is 29.9 Å². The van der Waals surface area contributed by atoms with Crippen molar-refractivity contribution >= 4 is 28.9 Å². The maximum Gasteiger partial charge on any atom is 0.169 e. The molecular formula is C15H22ClN3OS. The van der Waals surface area contributed by atoms with Gasteiger partial charge in [-0.2, -0.15) is 0 Å². The molecule has 0 saturated carbocycles. The Morgan fingerprint density at radius 3 is 2.52 bits per heavy atom. The third-order valence-corrected chi connectivity index (χ3v) is 4.22. The molecule has 0 aromatic heterocycles. The third kappa shape index (κ3) is 5.43. The summed E-state index contributed by atoms with van der Waals surface area (Å²) in [7, 11) is 1.69. The van der Waals surface area contributed by atoms with Gasteiger partial charge in [-0.3, -0.25) is 4.90 Å². The summed E-state index contributed by atoms with van der Waals surface area (Å²) in [5, 5.41) is 4.84. The van der Waals surface area contributed by atoms with Crippen molar-refractivity contribution in [2.75, 3.05) is 46.4 Å². The Morgan fingerprint density at radius 2 is 1.90 bits per heavy atom. The van der Waals surface area contributed by atoms with E-state index in [-0.39, 0.29) is 0 Å². The lowest BCUT2D eigenvalue weighted by Crippen LogP contribution is -2.51. The van der Waals surface area contributed by atoms with Crippen molar-refractivity contribution in [3.8, 4) is 0 Å². The van der Waals surface area contributed by atoms with Gasteiger partial charge in [-0.15, -0.1) is 0 Å². The number of hydrogen-bond donors (Lipinski definition) is 1. The number of thiocarbonyl (C=S) groups is 1. The van der Waals surface area contributed by atoms with E-state index in [0.29, 0.717) is 6.61 Å². The normalized spacial score (nSPS) is 16.0. The van der Waals surface area contributed by atoms with E-state index in [0.717, 1.165) is 49.4 Å². The molecule has 0 atom stereocenters. The van der Waals surface area contributed by atoms with Crippen LogP contribution < -0.4 is 5.32 Å². The largest absolute Gasteiger partial charge is 0.383 e. The van der Waals surface area contributed by atoms with Gasteiger partial charge in [0.15, 0.2) is 5.11 Å². The van der Waals surface area contributed by atoms with E-state index in [1.54, 1.807) is 7.11 Å². The van der Waals surface area contributed by atoms with Crippen LogP contribution in [-0.2, 0) is 11.3 Å². The Kier molecular flexibility index (Phi) is 6.70. The molecule has 21 heavy (non-hydrogen) atoms. The molecule has 0 bridgehead atoms. The Labute approximate surface area is 137 Å². The van der Waals surface area contributed by atoms with Crippen molar-refractivity contribution in [2.24, 2.45) is 0 Å². The molecule has 6 heteroatoms. The predicted octanol–water partition coefficient (Wildman–Crippen LogP) is 1.98. The van der Waals surface area contributed by atoms with Crippen LogP contribution in [0, 0.1) is 0 Å². The van der Waals surface area contributed by atoms with Gasteiger partial charge in [0.1, 0.15) is 0 Å². The molecule has 0 unspecified atom stereocenters. The summed E-state index contributed by atoms with van der Waals surface area (Å²) >= 11 is 11.3. The van der Waals surface area contributed by atoms with E-state index in [1.807, 2.05) is 12.1 Å². The average molecular weight is 328 g/mol. The monoisotopic (exact) mass is 327 g/mol. The fourth-order valence-corrected chi connectivity index (χ4v) is 2.74. The number of nitrogens with one attached hydrogen (secondary N) is 1. The highest BCUT2D eigenvalue weighted by Crippen LogP contribution is 2.12. The minimum Gasteiger partial charge on any atom is -0.383 e. The Morgan fingerprint density at radius 1 is 1.24 bits per heavy atom. The molecule has 0 amide bonds. The number of benzene rings is 1. The van der Waals surface area contributed by atoms with Crippen LogP contribution in [0.4, 0.5) is 0 Å². The van der Waals surface area contributed by atoms with Crippen molar-refractivity contribution in [2.45, 2.75) is 6.54 Å². The molecule has 0 aliphatic carbocycles. The van der Waals surface area contributed by atoms with E-state index in [4.69, 9.17) is 28.6 Å². The second kappa shape index (κ2) is 8.54. The number of piperazine rings is 1. The molecule has 1 N–H and O–H groups in total. The van der Waals surface area contributed by atoms with Crippen molar-refractivity contribution < 1.29 is 4.74 Å². The van der Waals surface area contributed by atoms with Crippen LogP contribution in [-0.4, -0.2) is 61.4 Å². The number of methoxy groups -OCH3 is 1. The molecule has 1 heterocycles. The fraction of sp³-hybridized carbons (Fsp3) is 0.533. The standard InChI is InChI=1S/C15H22ClN3OS/c1-20-11-6-17-15(21)19-9-7-18(8-10-19)12-13-2-4-14(16)5-3-13/h2-5H,6-12H2,1H3,(H,17,21). The van der Waals surface area contributed by atoms with E-state index in [2.05, 4.69) is 27.2 Å². The second-order valence-electron chi connectivity index (χ2n) is 5.11. The first-order valence-electron chi connectivity index (χ1n) is 7.17. The zero-order valence-corrected chi connectivity index (χ0v) is 13.9. The van der Waals surface area contributed by atoms with Crippen LogP contribution in [0.1, 0.15) is 5.56 Å². The first-order chi connectivity index (χ1) is 10.2. The van der Waals surface area contributed by atoms with E-state index < -0.39 is 0 Å². The number of halogens is 1. The summed E-state index contributed by atoms with van der Waals surface area (Å²) in [6, 6.07) is 8.07. The summed E-state index contributed by atoms with van der Waals surface area (Å²) < 4.78 is 5.01. The molecule has 116 valence electrons. The molecule has 0 radical (unpaired) electrons. The topological polar surface area (TPSA) is 27.7 Å². The maximum atomic E-state index is 5.91. The predicted molar refractivity (Wildman–Crippen MR) is 90.8 cm³/mol. The summed E-state index contributed by atoms with van der Waals surface area (Å²) in [6.07, 6.45) is 0. The van der Waals surface area contributed by atoms with Gasteiger partial charge in [-0.1, -0.05) is 23.7 Å². The summed E-state index contributed by atoms with van der Waals surface area (Å²) in [5.74, 6) is 0. The van der Waals surface area contributed by atoms with Crippen molar-refractivity contribution in [3.05, 3.63) is 34.9 Å². The quantitative estimate of drug-likeness (QED) is 0.659. The van der Waals surface area contributed by atoms with Gasteiger partial charge < -0.3 is 15.0 Å². The minimum atomic E-state index is 0.677. The molecule has 4 nitrogen and oxygen atoms in total. The Hall–Kier alpha value is -0.880.